The van der Waals surface area contributed by atoms with Gasteiger partial charge < -0.3 is 10.4 Å². The Balaban J connectivity index is 2.51. The molecule has 0 spiro atoms. The molecule has 2 N–H and O–H groups in total. The summed E-state index contributed by atoms with van der Waals surface area (Å²) in [4.78, 5) is 0. The molecular formula is C14H29NO. The van der Waals surface area contributed by atoms with Crippen LogP contribution in [0.3, 0.4) is 0 Å². The lowest BCUT2D eigenvalue weighted by Crippen LogP contribution is -2.50. The van der Waals surface area contributed by atoms with Crippen LogP contribution in [0.2, 0.25) is 0 Å². The molecule has 1 rings (SSSR count). The second kappa shape index (κ2) is 5.50. The molecule has 2 atom stereocenters. The molecule has 2 heteroatoms. The van der Waals surface area contributed by atoms with Gasteiger partial charge in [-0.3, -0.25) is 0 Å². The van der Waals surface area contributed by atoms with E-state index < -0.39 is 0 Å². The standard InChI is InChI=1S/C14H29NO/c1-5-14(4,9-10-16)15-12-7-6-8-13(2,3)11-12/h12,15-16H,5-11H2,1-4H3. The second-order valence-electron chi connectivity index (χ2n) is 6.49. The minimum atomic E-state index is 0.118. The Morgan fingerprint density at radius 1 is 1.44 bits per heavy atom. The van der Waals surface area contributed by atoms with Gasteiger partial charge in [0.2, 0.25) is 0 Å². The summed E-state index contributed by atoms with van der Waals surface area (Å²) in [6.07, 6.45) is 7.21. The zero-order valence-corrected chi connectivity index (χ0v) is 11.5. The molecule has 1 aliphatic carbocycles. The van der Waals surface area contributed by atoms with Crippen LogP contribution in [0.25, 0.3) is 0 Å². The maximum absolute atomic E-state index is 9.13. The van der Waals surface area contributed by atoms with Crippen LogP contribution in [0.4, 0.5) is 0 Å². The minimum Gasteiger partial charge on any atom is -0.396 e. The molecule has 0 bridgehead atoms. The van der Waals surface area contributed by atoms with Crippen molar-refractivity contribution in [2.75, 3.05) is 6.61 Å². The van der Waals surface area contributed by atoms with Gasteiger partial charge >= 0.3 is 0 Å². The van der Waals surface area contributed by atoms with Gasteiger partial charge in [0.1, 0.15) is 0 Å². The van der Waals surface area contributed by atoms with Crippen molar-refractivity contribution in [3.8, 4) is 0 Å². The molecule has 0 radical (unpaired) electrons. The second-order valence-corrected chi connectivity index (χ2v) is 6.49. The number of nitrogens with one attached hydrogen (secondary N) is 1. The predicted octanol–water partition coefficient (Wildman–Crippen LogP) is 3.10. The van der Waals surface area contributed by atoms with Crippen LogP contribution < -0.4 is 5.32 Å². The summed E-state index contributed by atoms with van der Waals surface area (Å²) >= 11 is 0. The van der Waals surface area contributed by atoms with E-state index in [9.17, 15) is 0 Å². The highest BCUT2D eigenvalue weighted by atomic mass is 16.3. The first-order valence-corrected chi connectivity index (χ1v) is 6.79. The first-order valence-electron chi connectivity index (χ1n) is 6.79. The van der Waals surface area contributed by atoms with Gasteiger partial charge in [-0.2, -0.15) is 0 Å². The number of hydrogen-bond donors (Lipinski definition) is 2. The maximum Gasteiger partial charge on any atom is 0.0448 e. The normalized spacial score (nSPS) is 28.7. The molecule has 1 saturated carbocycles. The fourth-order valence-corrected chi connectivity index (χ4v) is 2.91. The van der Waals surface area contributed by atoms with E-state index in [1.54, 1.807) is 0 Å². The molecule has 1 aliphatic rings. The van der Waals surface area contributed by atoms with Crippen LogP contribution in [0.15, 0.2) is 0 Å². The third-order valence-corrected chi connectivity index (χ3v) is 4.20. The van der Waals surface area contributed by atoms with Gasteiger partial charge in [-0.1, -0.05) is 27.2 Å². The third kappa shape index (κ3) is 4.06. The molecular weight excluding hydrogens is 198 g/mol. The molecule has 0 heterocycles. The number of hydrogen-bond acceptors (Lipinski definition) is 2. The summed E-state index contributed by atoms with van der Waals surface area (Å²) in [7, 11) is 0. The smallest absolute Gasteiger partial charge is 0.0448 e. The first-order chi connectivity index (χ1) is 7.41. The summed E-state index contributed by atoms with van der Waals surface area (Å²) in [5.74, 6) is 0. The minimum absolute atomic E-state index is 0.118. The summed E-state index contributed by atoms with van der Waals surface area (Å²) in [6, 6.07) is 0.639. The Hall–Kier alpha value is -0.0800. The molecule has 16 heavy (non-hydrogen) atoms. The highest BCUT2D eigenvalue weighted by Crippen LogP contribution is 2.36. The first kappa shape index (κ1) is 14.0. The van der Waals surface area contributed by atoms with Crippen LogP contribution in [0.1, 0.15) is 66.2 Å². The Kier molecular flexibility index (Phi) is 4.81. The SMILES string of the molecule is CCC(C)(CCO)NC1CCCC(C)(C)C1. The van der Waals surface area contributed by atoms with E-state index in [1.165, 1.54) is 25.7 Å². The van der Waals surface area contributed by atoms with E-state index in [2.05, 4.69) is 33.0 Å². The van der Waals surface area contributed by atoms with Crippen molar-refractivity contribution in [1.29, 1.82) is 0 Å². The van der Waals surface area contributed by atoms with E-state index in [0.717, 1.165) is 12.8 Å². The van der Waals surface area contributed by atoms with Gasteiger partial charge in [-0.25, -0.2) is 0 Å². The summed E-state index contributed by atoms with van der Waals surface area (Å²) in [6.45, 7) is 9.47. The number of aliphatic hydroxyl groups excluding tert-OH is 1. The van der Waals surface area contributed by atoms with Gasteiger partial charge in [-0.15, -0.1) is 0 Å². The molecule has 0 aromatic carbocycles. The lowest BCUT2D eigenvalue weighted by atomic mass is 9.74. The van der Waals surface area contributed by atoms with Crippen LogP contribution in [0, 0.1) is 5.41 Å². The topological polar surface area (TPSA) is 32.3 Å². The quantitative estimate of drug-likeness (QED) is 0.756. The zero-order valence-electron chi connectivity index (χ0n) is 11.5. The average molecular weight is 227 g/mol. The molecule has 0 aromatic rings. The van der Waals surface area contributed by atoms with E-state index in [1.807, 2.05) is 0 Å². The molecule has 96 valence electrons. The highest BCUT2D eigenvalue weighted by Gasteiger charge is 2.32. The van der Waals surface area contributed by atoms with Gasteiger partial charge in [0.05, 0.1) is 0 Å². The monoisotopic (exact) mass is 227 g/mol. The highest BCUT2D eigenvalue weighted by molar-refractivity contribution is 4.90. The van der Waals surface area contributed by atoms with Crippen LogP contribution >= 0.6 is 0 Å². The molecule has 2 nitrogen and oxygen atoms in total. The summed E-state index contributed by atoms with van der Waals surface area (Å²) in [5.41, 5.74) is 0.608. The van der Waals surface area contributed by atoms with Crippen LogP contribution in [-0.4, -0.2) is 23.3 Å². The molecule has 2 unspecified atom stereocenters. The van der Waals surface area contributed by atoms with Crippen molar-refractivity contribution >= 4 is 0 Å². The molecule has 0 aliphatic heterocycles. The van der Waals surface area contributed by atoms with Gasteiger partial charge in [0.25, 0.3) is 0 Å². The van der Waals surface area contributed by atoms with Crippen LogP contribution in [-0.2, 0) is 0 Å². The molecule has 0 aromatic heterocycles. The average Bonchev–Trinajstić information content (AvgIpc) is 2.16. The van der Waals surface area contributed by atoms with E-state index in [0.29, 0.717) is 11.5 Å². The largest absolute Gasteiger partial charge is 0.396 e. The molecule has 0 amide bonds. The molecule has 0 saturated heterocycles. The van der Waals surface area contributed by atoms with Crippen LogP contribution in [0.5, 0.6) is 0 Å². The zero-order chi connectivity index (χ0) is 12.2. The number of rotatable bonds is 5. The van der Waals surface area contributed by atoms with Gasteiger partial charge in [-0.05, 0) is 44.4 Å². The fourth-order valence-electron chi connectivity index (χ4n) is 2.91. The number of aliphatic hydroxyl groups is 1. The van der Waals surface area contributed by atoms with Gasteiger partial charge in [0, 0.05) is 18.2 Å². The van der Waals surface area contributed by atoms with Crippen molar-refractivity contribution in [3.63, 3.8) is 0 Å². The van der Waals surface area contributed by atoms with E-state index >= 15 is 0 Å². The summed E-state index contributed by atoms with van der Waals surface area (Å²) < 4.78 is 0. The van der Waals surface area contributed by atoms with E-state index in [-0.39, 0.29) is 12.1 Å². The fraction of sp³-hybridized carbons (Fsp3) is 1.00. The van der Waals surface area contributed by atoms with Crippen molar-refractivity contribution < 1.29 is 5.11 Å². The predicted molar refractivity (Wildman–Crippen MR) is 69.6 cm³/mol. The van der Waals surface area contributed by atoms with Crippen molar-refractivity contribution in [1.82, 2.24) is 5.32 Å². The summed E-state index contributed by atoms with van der Waals surface area (Å²) in [5, 5.41) is 12.9. The van der Waals surface area contributed by atoms with Crippen molar-refractivity contribution in [2.45, 2.75) is 77.8 Å². The Morgan fingerprint density at radius 3 is 2.62 bits per heavy atom. The third-order valence-electron chi connectivity index (χ3n) is 4.20. The maximum atomic E-state index is 9.13. The van der Waals surface area contributed by atoms with Crippen molar-refractivity contribution in [3.05, 3.63) is 0 Å². The lowest BCUT2D eigenvalue weighted by molar-refractivity contribution is 0.146. The molecule has 1 fully saturated rings. The van der Waals surface area contributed by atoms with Gasteiger partial charge in [0.15, 0.2) is 0 Å². The van der Waals surface area contributed by atoms with E-state index in [4.69, 9.17) is 5.11 Å². The Labute approximate surface area is 101 Å². The Morgan fingerprint density at radius 2 is 2.12 bits per heavy atom. The van der Waals surface area contributed by atoms with Crippen molar-refractivity contribution in [2.24, 2.45) is 5.41 Å². The Bertz CT molecular complexity index is 215. The lowest BCUT2D eigenvalue weighted by Gasteiger charge is -2.41.